The number of nitrogens with zero attached hydrogens (tertiary/aromatic N) is 2. The van der Waals surface area contributed by atoms with Crippen LogP contribution >= 0.6 is 0 Å². The number of halogens is 3. The third kappa shape index (κ3) is 2.93. The normalized spacial score (nSPS) is 25.3. The Morgan fingerprint density at radius 3 is 2.56 bits per heavy atom. The first-order valence-corrected chi connectivity index (χ1v) is 5.90. The van der Waals surface area contributed by atoms with Crippen molar-refractivity contribution in [2.75, 3.05) is 18.0 Å². The molecule has 1 saturated heterocycles. The van der Waals surface area contributed by atoms with Gasteiger partial charge < -0.3 is 10.6 Å². The second-order valence-electron chi connectivity index (χ2n) is 4.91. The van der Waals surface area contributed by atoms with Crippen LogP contribution < -0.4 is 10.6 Å². The van der Waals surface area contributed by atoms with Crippen LogP contribution in [0.1, 0.15) is 18.9 Å². The molecule has 6 heteroatoms. The van der Waals surface area contributed by atoms with E-state index < -0.39 is 11.7 Å². The van der Waals surface area contributed by atoms with E-state index in [1.54, 1.807) is 0 Å². The van der Waals surface area contributed by atoms with E-state index in [1.807, 2.05) is 4.90 Å². The Morgan fingerprint density at radius 1 is 1.33 bits per heavy atom. The van der Waals surface area contributed by atoms with Crippen molar-refractivity contribution in [1.29, 1.82) is 0 Å². The molecule has 2 atom stereocenters. The number of aromatic nitrogens is 1. The maximum Gasteiger partial charge on any atom is 0.417 e. The molecule has 0 amide bonds. The van der Waals surface area contributed by atoms with E-state index in [1.165, 1.54) is 6.07 Å². The molecule has 0 aromatic carbocycles. The maximum atomic E-state index is 12.4. The summed E-state index contributed by atoms with van der Waals surface area (Å²) in [4.78, 5) is 5.83. The van der Waals surface area contributed by atoms with Crippen molar-refractivity contribution in [2.45, 2.75) is 25.6 Å². The number of nitrogens with two attached hydrogens (primary N) is 1. The first-order chi connectivity index (χ1) is 8.36. The molecule has 1 aromatic rings. The molecule has 0 saturated carbocycles. The molecule has 1 fully saturated rings. The Morgan fingerprint density at radius 2 is 2.06 bits per heavy atom. The quantitative estimate of drug-likeness (QED) is 0.841. The summed E-state index contributed by atoms with van der Waals surface area (Å²) in [6, 6.07) is 2.53. The Balaban J connectivity index is 2.14. The minimum absolute atomic E-state index is 0.0536. The molecule has 18 heavy (non-hydrogen) atoms. The minimum Gasteiger partial charge on any atom is -0.355 e. The summed E-state index contributed by atoms with van der Waals surface area (Å²) in [5.74, 6) is 0.989. The number of hydrogen-bond acceptors (Lipinski definition) is 3. The molecule has 1 aliphatic rings. The molecular formula is C12H16F3N3. The molecule has 2 unspecified atom stereocenters. The Labute approximate surface area is 104 Å². The highest BCUT2D eigenvalue weighted by Crippen LogP contribution is 2.30. The number of pyridine rings is 1. The third-order valence-electron chi connectivity index (χ3n) is 3.09. The summed E-state index contributed by atoms with van der Waals surface area (Å²) in [7, 11) is 0. The second kappa shape index (κ2) is 4.76. The van der Waals surface area contributed by atoms with Crippen LogP contribution in [0.3, 0.4) is 0 Å². The molecule has 0 aliphatic carbocycles. The standard InChI is InChI=1S/C12H16F3N3/c1-8-4-10(16)7-18(6-8)11-3-2-9(5-17-11)12(13,14)15/h2-3,5,8,10H,4,6-7,16H2,1H3. The number of piperidine rings is 1. The zero-order valence-electron chi connectivity index (χ0n) is 10.1. The maximum absolute atomic E-state index is 12.4. The van der Waals surface area contributed by atoms with Crippen LogP contribution in [-0.2, 0) is 6.18 Å². The van der Waals surface area contributed by atoms with E-state index in [9.17, 15) is 13.2 Å². The van der Waals surface area contributed by atoms with Crippen molar-refractivity contribution in [1.82, 2.24) is 4.98 Å². The lowest BCUT2D eigenvalue weighted by molar-refractivity contribution is -0.137. The average molecular weight is 259 g/mol. The van der Waals surface area contributed by atoms with Crippen LogP contribution in [0.5, 0.6) is 0 Å². The fourth-order valence-corrected chi connectivity index (χ4v) is 2.33. The molecule has 1 aromatic heterocycles. The SMILES string of the molecule is CC1CC(N)CN(c2ccc(C(F)(F)F)cn2)C1. The molecular weight excluding hydrogens is 243 g/mol. The first-order valence-electron chi connectivity index (χ1n) is 5.90. The van der Waals surface area contributed by atoms with Crippen LogP contribution in [0.15, 0.2) is 18.3 Å². The highest BCUT2D eigenvalue weighted by atomic mass is 19.4. The zero-order chi connectivity index (χ0) is 13.3. The van der Waals surface area contributed by atoms with Crippen LogP contribution in [0.2, 0.25) is 0 Å². The zero-order valence-corrected chi connectivity index (χ0v) is 10.1. The fraction of sp³-hybridized carbons (Fsp3) is 0.583. The van der Waals surface area contributed by atoms with Crippen molar-refractivity contribution >= 4 is 5.82 Å². The Bertz CT molecular complexity index is 392. The van der Waals surface area contributed by atoms with Crippen LogP contribution in [-0.4, -0.2) is 24.1 Å². The third-order valence-corrected chi connectivity index (χ3v) is 3.09. The molecule has 0 bridgehead atoms. The van der Waals surface area contributed by atoms with Crippen LogP contribution in [0.25, 0.3) is 0 Å². The monoisotopic (exact) mass is 259 g/mol. The smallest absolute Gasteiger partial charge is 0.355 e. The summed E-state index contributed by atoms with van der Waals surface area (Å²) >= 11 is 0. The number of rotatable bonds is 1. The largest absolute Gasteiger partial charge is 0.417 e. The predicted molar refractivity (Wildman–Crippen MR) is 63.2 cm³/mol. The molecule has 1 aliphatic heterocycles. The van der Waals surface area contributed by atoms with Gasteiger partial charge >= 0.3 is 6.18 Å². The van der Waals surface area contributed by atoms with Crippen LogP contribution in [0.4, 0.5) is 19.0 Å². The van der Waals surface area contributed by atoms with E-state index in [0.717, 1.165) is 25.2 Å². The molecule has 2 heterocycles. The number of hydrogen-bond donors (Lipinski definition) is 1. The van der Waals surface area contributed by atoms with Gasteiger partial charge in [-0.3, -0.25) is 0 Å². The van der Waals surface area contributed by atoms with Gasteiger partial charge in [0, 0.05) is 25.3 Å². The lowest BCUT2D eigenvalue weighted by Gasteiger charge is -2.35. The summed E-state index contributed by atoms with van der Waals surface area (Å²) in [5.41, 5.74) is 5.18. The molecule has 2 N–H and O–H groups in total. The van der Waals surface area contributed by atoms with Crippen molar-refractivity contribution in [2.24, 2.45) is 11.7 Å². The molecule has 0 spiro atoms. The van der Waals surface area contributed by atoms with Gasteiger partial charge in [0.15, 0.2) is 0 Å². The molecule has 3 nitrogen and oxygen atoms in total. The van der Waals surface area contributed by atoms with Crippen molar-refractivity contribution < 1.29 is 13.2 Å². The van der Waals surface area contributed by atoms with Crippen molar-refractivity contribution in [3.8, 4) is 0 Å². The van der Waals surface area contributed by atoms with Gasteiger partial charge in [-0.15, -0.1) is 0 Å². The van der Waals surface area contributed by atoms with Crippen molar-refractivity contribution in [3.05, 3.63) is 23.9 Å². The van der Waals surface area contributed by atoms with E-state index in [4.69, 9.17) is 5.73 Å². The van der Waals surface area contributed by atoms with E-state index in [2.05, 4.69) is 11.9 Å². The predicted octanol–water partition coefficient (Wildman–Crippen LogP) is 2.27. The van der Waals surface area contributed by atoms with Gasteiger partial charge in [-0.05, 0) is 24.5 Å². The van der Waals surface area contributed by atoms with Crippen molar-refractivity contribution in [3.63, 3.8) is 0 Å². The number of alkyl halides is 3. The lowest BCUT2D eigenvalue weighted by Crippen LogP contribution is -2.46. The summed E-state index contributed by atoms with van der Waals surface area (Å²) in [6.07, 6.45) is -2.52. The van der Waals surface area contributed by atoms with Gasteiger partial charge in [0.05, 0.1) is 5.56 Å². The van der Waals surface area contributed by atoms with Gasteiger partial charge in [-0.25, -0.2) is 4.98 Å². The van der Waals surface area contributed by atoms with Gasteiger partial charge in [-0.2, -0.15) is 13.2 Å². The minimum atomic E-state index is -4.34. The highest BCUT2D eigenvalue weighted by Gasteiger charge is 2.31. The highest BCUT2D eigenvalue weighted by molar-refractivity contribution is 5.40. The number of anilines is 1. The average Bonchev–Trinajstić information content (AvgIpc) is 2.27. The van der Waals surface area contributed by atoms with Gasteiger partial charge in [-0.1, -0.05) is 6.92 Å². The lowest BCUT2D eigenvalue weighted by atomic mass is 9.96. The van der Waals surface area contributed by atoms with E-state index in [-0.39, 0.29) is 6.04 Å². The fourth-order valence-electron chi connectivity index (χ4n) is 2.33. The van der Waals surface area contributed by atoms with Crippen LogP contribution in [0, 0.1) is 5.92 Å². The summed E-state index contributed by atoms with van der Waals surface area (Å²) in [5, 5.41) is 0. The summed E-state index contributed by atoms with van der Waals surface area (Å²) < 4.78 is 37.2. The topological polar surface area (TPSA) is 42.1 Å². The first kappa shape index (κ1) is 13.1. The van der Waals surface area contributed by atoms with E-state index >= 15 is 0 Å². The second-order valence-corrected chi connectivity index (χ2v) is 4.91. The van der Waals surface area contributed by atoms with Gasteiger partial charge in [0.1, 0.15) is 5.82 Å². The van der Waals surface area contributed by atoms with Gasteiger partial charge in [0.2, 0.25) is 0 Å². The van der Waals surface area contributed by atoms with Gasteiger partial charge in [0.25, 0.3) is 0 Å². The molecule has 2 rings (SSSR count). The Hall–Kier alpha value is -1.30. The summed E-state index contributed by atoms with van der Waals surface area (Å²) in [6.45, 7) is 3.50. The molecule has 100 valence electrons. The van der Waals surface area contributed by atoms with E-state index in [0.29, 0.717) is 18.3 Å². The Kier molecular flexibility index (Phi) is 3.47. The molecule has 0 radical (unpaired) electrons.